The third-order valence-corrected chi connectivity index (χ3v) is 4.23. The van der Waals surface area contributed by atoms with Crippen molar-refractivity contribution in [3.63, 3.8) is 0 Å². The van der Waals surface area contributed by atoms with Gasteiger partial charge in [-0.25, -0.2) is 4.79 Å². The lowest BCUT2D eigenvalue weighted by Crippen LogP contribution is -2.37. The molecular formula is C18H23N5O. The summed E-state index contributed by atoms with van der Waals surface area (Å²) in [7, 11) is 0. The van der Waals surface area contributed by atoms with Crippen LogP contribution < -0.4 is 10.6 Å². The van der Waals surface area contributed by atoms with Crippen LogP contribution in [0.3, 0.4) is 0 Å². The molecule has 6 nitrogen and oxygen atoms in total. The van der Waals surface area contributed by atoms with E-state index in [-0.39, 0.29) is 6.03 Å². The van der Waals surface area contributed by atoms with Crippen LogP contribution in [0.15, 0.2) is 37.2 Å². The molecule has 0 aromatic carbocycles. The van der Waals surface area contributed by atoms with Crippen LogP contribution in [-0.2, 0) is 19.4 Å². The zero-order valence-electron chi connectivity index (χ0n) is 13.8. The van der Waals surface area contributed by atoms with Gasteiger partial charge in [0.25, 0.3) is 0 Å². The van der Waals surface area contributed by atoms with Crippen molar-refractivity contribution < 1.29 is 4.79 Å². The fourth-order valence-electron chi connectivity index (χ4n) is 3.10. The second kappa shape index (κ2) is 7.77. The number of carbonyl (C=O) groups is 1. The van der Waals surface area contributed by atoms with Crippen LogP contribution in [0, 0.1) is 0 Å². The molecule has 0 unspecified atom stereocenters. The second-order valence-electron chi connectivity index (χ2n) is 5.87. The lowest BCUT2D eigenvalue weighted by Gasteiger charge is -2.14. The van der Waals surface area contributed by atoms with Crippen LogP contribution in [0.5, 0.6) is 0 Å². The Kier molecular flexibility index (Phi) is 5.25. The van der Waals surface area contributed by atoms with E-state index < -0.39 is 0 Å². The summed E-state index contributed by atoms with van der Waals surface area (Å²) >= 11 is 0. The molecule has 0 saturated carbocycles. The van der Waals surface area contributed by atoms with Gasteiger partial charge in [0.1, 0.15) is 0 Å². The molecule has 24 heavy (non-hydrogen) atoms. The molecule has 2 aromatic heterocycles. The highest BCUT2D eigenvalue weighted by atomic mass is 16.2. The van der Waals surface area contributed by atoms with Crippen molar-refractivity contribution in [3.05, 3.63) is 48.4 Å². The molecule has 0 fully saturated rings. The highest BCUT2D eigenvalue weighted by Gasteiger charge is 2.21. The van der Waals surface area contributed by atoms with E-state index in [2.05, 4.69) is 26.9 Å². The summed E-state index contributed by atoms with van der Waals surface area (Å²) in [6, 6.07) is 3.83. The minimum Gasteiger partial charge on any atom is -0.336 e. The van der Waals surface area contributed by atoms with Crippen LogP contribution >= 0.6 is 0 Å². The van der Waals surface area contributed by atoms with Gasteiger partial charge in [0, 0.05) is 42.3 Å². The molecule has 2 N–H and O–H groups in total. The number of nitrogens with one attached hydrogen (secondary N) is 2. The largest absolute Gasteiger partial charge is 0.336 e. The summed E-state index contributed by atoms with van der Waals surface area (Å²) in [5.41, 5.74) is 4.83. The topological polar surface area (TPSA) is 71.8 Å². The van der Waals surface area contributed by atoms with Crippen molar-refractivity contribution in [2.75, 3.05) is 13.1 Å². The Balaban J connectivity index is 1.73. The molecule has 2 amide bonds. The van der Waals surface area contributed by atoms with Gasteiger partial charge in [-0.2, -0.15) is 5.10 Å². The van der Waals surface area contributed by atoms with Crippen molar-refractivity contribution in [3.8, 4) is 11.3 Å². The average Bonchev–Trinajstić information content (AvgIpc) is 3.00. The summed E-state index contributed by atoms with van der Waals surface area (Å²) < 4.78 is 2.05. The monoisotopic (exact) mass is 325 g/mol. The molecule has 0 aliphatic heterocycles. The first-order valence-electron chi connectivity index (χ1n) is 8.41. The standard InChI is InChI=1S/C18H23N5O/c1-2-9-20-18(24)21-12-13-23-16-6-4-3-5-15(16)17(22-23)14-7-10-19-11-8-14/h2,7-8,10-11H,1,3-6,9,12-13H2,(H2,20,21,24). The Bertz CT molecular complexity index is 708. The van der Waals surface area contributed by atoms with Gasteiger partial charge >= 0.3 is 6.03 Å². The van der Waals surface area contributed by atoms with E-state index in [0.717, 1.165) is 24.1 Å². The molecule has 1 aliphatic rings. The Morgan fingerprint density at radius 3 is 2.83 bits per heavy atom. The lowest BCUT2D eigenvalue weighted by atomic mass is 9.94. The van der Waals surface area contributed by atoms with E-state index in [1.807, 2.05) is 12.1 Å². The van der Waals surface area contributed by atoms with Crippen molar-refractivity contribution in [1.29, 1.82) is 0 Å². The van der Waals surface area contributed by atoms with Gasteiger partial charge in [0.05, 0.1) is 12.2 Å². The molecule has 2 aromatic rings. The van der Waals surface area contributed by atoms with Gasteiger partial charge in [0.2, 0.25) is 0 Å². The maximum atomic E-state index is 11.6. The van der Waals surface area contributed by atoms with Crippen LogP contribution in [0.1, 0.15) is 24.1 Å². The molecule has 1 aliphatic carbocycles. The third kappa shape index (κ3) is 3.64. The minimum absolute atomic E-state index is 0.176. The molecule has 0 bridgehead atoms. The summed E-state index contributed by atoms with van der Waals surface area (Å²) in [5, 5.41) is 10.4. The summed E-state index contributed by atoms with van der Waals surface area (Å²) in [5.74, 6) is 0. The number of amides is 2. The van der Waals surface area contributed by atoms with E-state index in [1.165, 1.54) is 24.1 Å². The van der Waals surface area contributed by atoms with E-state index >= 15 is 0 Å². The molecule has 0 atom stereocenters. The number of nitrogens with zero attached hydrogens (tertiary/aromatic N) is 3. The van der Waals surface area contributed by atoms with E-state index in [0.29, 0.717) is 19.6 Å². The normalized spacial score (nSPS) is 13.2. The SMILES string of the molecule is C=CCNC(=O)NCCn1nc(-c2ccncc2)c2c1CCCC2. The molecular weight excluding hydrogens is 302 g/mol. The number of rotatable bonds is 6. The molecule has 3 rings (SSSR count). The number of urea groups is 1. The van der Waals surface area contributed by atoms with Crippen LogP contribution in [0.4, 0.5) is 4.79 Å². The van der Waals surface area contributed by atoms with Crippen molar-refractivity contribution >= 4 is 6.03 Å². The van der Waals surface area contributed by atoms with Gasteiger partial charge in [-0.15, -0.1) is 6.58 Å². The maximum absolute atomic E-state index is 11.6. The Hall–Kier alpha value is -2.63. The zero-order chi connectivity index (χ0) is 16.8. The van der Waals surface area contributed by atoms with Gasteiger partial charge in [-0.05, 0) is 37.8 Å². The molecule has 126 valence electrons. The van der Waals surface area contributed by atoms with Crippen molar-refractivity contribution in [2.24, 2.45) is 0 Å². The molecule has 0 radical (unpaired) electrons. The Morgan fingerprint density at radius 2 is 2.04 bits per heavy atom. The highest BCUT2D eigenvalue weighted by Crippen LogP contribution is 2.30. The number of fused-ring (bicyclic) bond motifs is 1. The van der Waals surface area contributed by atoms with Gasteiger partial charge in [-0.3, -0.25) is 9.67 Å². The highest BCUT2D eigenvalue weighted by molar-refractivity contribution is 5.73. The van der Waals surface area contributed by atoms with Gasteiger partial charge < -0.3 is 10.6 Å². The van der Waals surface area contributed by atoms with Crippen molar-refractivity contribution in [2.45, 2.75) is 32.2 Å². The quantitative estimate of drug-likeness (QED) is 0.801. The predicted molar refractivity (Wildman–Crippen MR) is 93.7 cm³/mol. The Labute approximate surface area is 142 Å². The van der Waals surface area contributed by atoms with E-state index in [4.69, 9.17) is 5.10 Å². The second-order valence-corrected chi connectivity index (χ2v) is 5.87. The number of pyridine rings is 1. The molecule has 6 heteroatoms. The first-order valence-corrected chi connectivity index (χ1v) is 8.41. The van der Waals surface area contributed by atoms with Crippen molar-refractivity contribution in [1.82, 2.24) is 25.4 Å². The summed E-state index contributed by atoms with van der Waals surface area (Å²) in [4.78, 5) is 15.7. The van der Waals surface area contributed by atoms with Crippen LogP contribution in [0.25, 0.3) is 11.3 Å². The Morgan fingerprint density at radius 1 is 1.25 bits per heavy atom. The first-order chi connectivity index (χ1) is 11.8. The first kappa shape index (κ1) is 16.2. The number of carbonyl (C=O) groups excluding carboxylic acids is 1. The molecule has 0 spiro atoms. The average molecular weight is 325 g/mol. The van der Waals surface area contributed by atoms with Crippen LogP contribution in [0.2, 0.25) is 0 Å². The molecule has 2 heterocycles. The van der Waals surface area contributed by atoms with Crippen LogP contribution in [-0.4, -0.2) is 33.9 Å². The summed E-state index contributed by atoms with van der Waals surface area (Å²) in [6.45, 7) is 5.27. The summed E-state index contributed by atoms with van der Waals surface area (Å²) in [6.07, 6.45) is 9.78. The number of aromatic nitrogens is 3. The predicted octanol–water partition coefficient (Wildman–Crippen LogP) is 2.31. The van der Waals surface area contributed by atoms with E-state index in [9.17, 15) is 4.79 Å². The fourth-order valence-corrected chi connectivity index (χ4v) is 3.10. The van der Waals surface area contributed by atoms with E-state index in [1.54, 1.807) is 18.5 Å². The smallest absolute Gasteiger partial charge is 0.315 e. The van der Waals surface area contributed by atoms with Gasteiger partial charge in [-0.1, -0.05) is 6.08 Å². The van der Waals surface area contributed by atoms with Gasteiger partial charge in [0.15, 0.2) is 0 Å². The zero-order valence-corrected chi connectivity index (χ0v) is 13.8. The maximum Gasteiger partial charge on any atom is 0.315 e. The third-order valence-electron chi connectivity index (χ3n) is 4.23. The fraction of sp³-hybridized carbons (Fsp3) is 0.389. The lowest BCUT2D eigenvalue weighted by molar-refractivity contribution is 0.241. The molecule has 0 saturated heterocycles. The number of hydrogen-bond acceptors (Lipinski definition) is 3. The minimum atomic E-state index is -0.176. The number of hydrogen-bond donors (Lipinski definition) is 2.